The van der Waals surface area contributed by atoms with Gasteiger partial charge in [-0.3, -0.25) is 9.59 Å². The average molecular weight is 358 g/mol. The fourth-order valence-electron chi connectivity index (χ4n) is 2.66. The lowest BCUT2D eigenvalue weighted by atomic mass is 10.1. The van der Waals surface area contributed by atoms with Crippen molar-refractivity contribution in [2.75, 3.05) is 25.1 Å². The number of halogens is 1. The molecule has 138 valence electrons. The van der Waals surface area contributed by atoms with Gasteiger partial charge in [0, 0.05) is 20.0 Å². The van der Waals surface area contributed by atoms with E-state index >= 15 is 0 Å². The lowest BCUT2D eigenvalue weighted by Gasteiger charge is -2.24. The average Bonchev–Trinajstić information content (AvgIpc) is 2.58. The highest BCUT2D eigenvalue weighted by molar-refractivity contribution is 5.93. The number of ether oxygens (including phenoxy) is 1. The van der Waals surface area contributed by atoms with Crippen LogP contribution in [-0.4, -0.2) is 32.0 Å². The molecule has 0 saturated carbocycles. The highest BCUT2D eigenvalue weighted by atomic mass is 19.1. The highest BCUT2D eigenvalue weighted by Gasteiger charge is 2.16. The molecular weight excluding hydrogens is 335 g/mol. The maximum atomic E-state index is 13.2. The second-order valence-electron chi connectivity index (χ2n) is 6.00. The van der Waals surface area contributed by atoms with Gasteiger partial charge in [0.25, 0.3) is 0 Å². The van der Waals surface area contributed by atoms with E-state index in [4.69, 9.17) is 4.74 Å². The Balaban J connectivity index is 1.98. The smallest absolute Gasteiger partial charge is 0.224 e. The van der Waals surface area contributed by atoms with E-state index in [1.807, 2.05) is 25.1 Å². The number of carbonyl (C=O) groups excluding carboxylic acids is 2. The number of methoxy groups -OCH3 is 1. The van der Waals surface area contributed by atoms with Gasteiger partial charge in [-0.15, -0.1) is 0 Å². The van der Waals surface area contributed by atoms with Gasteiger partial charge < -0.3 is 15.0 Å². The molecule has 0 aliphatic rings. The number of aryl methyl sites for hydroxylation is 1. The molecule has 26 heavy (non-hydrogen) atoms. The van der Waals surface area contributed by atoms with Gasteiger partial charge in [0.2, 0.25) is 11.8 Å². The minimum absolute atomic E-state index is 0.0889. The maximum Gasteiger partial charge on any atom is 0.224 e. The molecule has 0 bridgehead atoms. The van der Waals surface area contributed by atoms with E-state index in [1.54, 1.807) is 24.1 Å². The number of anilines is 1. The monoisotopic (exact) mass is 358 g/mol. The Labute approximate surface area is 152 Å². The van der Waals surface area contributed by atoms with Gasteiger partial charge >= 0.3 is 0 Å². The van der Waals surface area contributed by atoms with Crippen LogP contribution in [-0.2, 0) is 16.0 Å². The molecule has 1 N–H and O–H groups in total. The molecule has 0 aliphatic heterocycles. The van der Waals surface area contributed by atoms with Gasteiger partial charge in [0.15, 0.2) is 0 Å². The first-order chi connectivity index (χ1) is 12.4. The van der Waals surface area contributed by atoms with Crippen LogP contribution >= 0.6 is 0 Å². The lowest BCUT2D eigenvalue weighted by molar-refractivity contribution is -0.121. The van der Waals surface area contributed by atoms with Crippen molar-refractivity contribution in [1.29, 1.82) is 0 Å². The summed E-state index contributed by atoms with van der Waals surface area (Å²) in [6.07, 6.45) is 0.0889. The van der Waals surface area contributed by atoms with Gasteiger partial charge in [-0.2, -0.15) is 0 Å². The van der Waals surface area contributed by atoms with Gasteiger partial charge in [-0.1, -0.05) is 18.2 Å². The second-order valence-corrected chi connectivity index (χ2v) is 6.00. The molecule has 6 heteroatoms. The van der Waals surface area contributed by atoms with Crippen LogP contribution in [0.1, 0.15) is 18.1 Å². The Bertz CT molecular complexity index is 792. The van der Waals surface area contributed by atoms with Crippen LogP contribution < -0.4 is 15.0 Å². The largest absolute Gasteiger partial charge is 0.495 e. The molecule has 0 heterocycles. The first-order valence-electron chi connectivity index (χ1n) is 8.34. The molecule has 0 unspecified atom stereocenters. The number of carbonyl (C=O) groups is 2. The zero-order valence-corrected chi connectivity index (χ0v) is 15.2. The molecule has 2 aromatic carbocycles. The first kappa shape index (κ1) is 19.4. The predicted molar refractivity (Wildman–Crippen MR) is 98.9 cm³/mol. The summed E-state index contributed by atoms with van der Waals surface area (Å²) in [5, 5.41) is 2.76. The highest BCUT2D eigenvalue weighted by Crippen LogP contribution is 2.29. The van der Waals surface area contributed by atoms with Crippen molar-refractivity contribution in [2.24, 2.45) is 0 Å². The summed E-state index contributed by atoms with van der Waals surface area (Å²) < 4.78 is 18.5. The number of nitrogens with one attached hydrogen (secondary N) is 1. The summed E-state index contributed by atoms with van der Waals surface area (Å²) in [7, 11) is 1.55. The van der Waals surface area contributed by atoms with E-state index in [2.05, 4.69) is 5.32 Å². The number of rotatable bonds is 7. The van der Waals surface area contributed by atoms with E-state index in [9.17, 15) is 14.0 Å². The summed E-state index contributed by atoms with van der Waals surface area (Å²) in [5.74, 6) is -0.148. The molecule has 0 radical (unpaired) electrons. The molecule has 2 aromatic rings. The number of amides is 2. The number of hydrogen-bond donors (Lipinski definition) is 1. The Morgan fingerprint density at radius 2 is 1.96 bits per heavy atom. The molecule has 0 aliphatic carbocycles. The van der Waals surface area contributed by atoms with Gasteiger partial charge in [-0.25, -0.2) is 4.39 Å². The summed E-state index contributed by atoms with van der Waals surface area (Å²) in [5.41, 5.74) is 2.27. The first-order valence-corrected chi connectivity index (χ1v) is 8.34. The molecule has 0 atom stereocenters. The number of hydrogen-bond acceptors (Lipinski definition) is 3. The minimum Gasteiger partial charge on any atom is -0.495 e. The van der Waals surface area contributed by atoms with Gasteiger partial charge in [0.05, 0.1) is 19.2 Å². The van der Waals surface area contributed by atoms with Crippen molar-refractivity contribution < 1.29 is 18.7 Å². The van der Waals surface area contributed by atoms with Crippen LogP contribution in [0, 0.1) is 12.7 Å². The van der Waals surface area contributed by atoms with Crippen molar-refractivity contribution in [3.63, 3.8) is 0 Å². The summed E-state index contributed by atoms with van der Waals surface area (Å²) in [6.45, 7) is 3.99. The standard InChI is InChI=1S/C20H23FN2O3/c1-14-7-8-19(26-3)18(11-14)23(15(2)24)10-9-22-20(25)13-16-5-4-6-17(21)12-16/h4-8,11-12H,9-10,13H2,1-3H3,(H,22,25). The van der Waals surface area contributed by atoms with Crippen molar-refractivity contribution in [3.05, 3.63) is 59.4 Å². The molecule has 0 saturated heterocycles. The maximum absolute atomic E-state index is 13.2. The molecule has 0 fully saturated rings. The van der Waals surface area contributed by atoms with Crippen LogP contribution in [0.5, 0.6) is 5.75 Å². The van der Waals surface area contributed by atoms with Crippen molar-refractivity contribution >= 4 is 17.5 Å². The Kier molecular flexibility index (Phi) is 6.72. The van der Waals surface area contributed by atoms with Crippen LogP contribution in [0.3, 0.4) is 0 Å². The SMILES string of the molecule is COc1ccc(C)cc1N(CCNC(=O)Cc1cccc(F)c1)C(C)=O. The van der Waals surface area contributed by atoms with E-state index in [0.29, 0.717) is 23.5 Å². The fraction of sp³-hybridized carbons (Fsp3) is 0.300. The van der Waals surface area contributed by atoms with Gasteiger partial charge in [0.1, 0.15) is 11.6 Å². The topological polar surface area (TPSA) is 58.6 Å². The van der Waals surface area contributed by atoms with Crippen molar-refractivity contribution in [2.45, 2.75) is 20.3 Å². The summed E-state index contributed by atoms with van der Waals surface area (Å²) in [4.78, 5) is 25.6. The molecule has 2 rings (SSSR count). The Morgan fingerprint density at radius 3 is 2.62 bits per heavy atom. The molecule has 2 amide bonds. The van der Waals surface area contributed by atoms with E-state index < -0.39 is 0 Å². The van der Waals surface area contributed by atoms with Crippen LogP contribution in [0.4, 0.5) is 10.1 Å². The van der Waals surface area contributed by atoms with Gasteiger partial charge in [-0.05, 0) is 42.3 Å². The van der Waals surface area contributed by atoms with E-state index in [0.717, 1.165) is 5.56 Å². The predicted octanol–water partition coefficient (Wildman–Crippen LogP) is 2.85. The summed E-state index contributed by atoms with van der Waals surface area (Å²) >= 11 is 0. The second kappa shape index (κ2) is 8.99. The van der Waals surface area contributed by atoms with Crippen LogP contribution in [0.15, 0.2) is 42.5 Å². The molecular formula is C20H23FN2O3. The minimum atomic E-state index is -0.371. The summed E-state index contributed by atoms with van der Waals surface area (Å²) in [6, 6.07) is 11.5. The fourth-order valence-corrected chi connectivity index (χ4v) is 2.66. The normalized spacial score (nSPS) is 10.3. The molecule has 0 spiro atoms. The number of nitrogens with zero attached hydrogens (tertiary/aromatic N) is 1. The zero-order valence-electron chi connectivity index (χ0n) is 15.2. The third-order valence-electron chi connectivity index (χ3n) is 3.92. The number of benzene rings is 2. The third-order valence-corrected chi connectivity index (χ3v) is 3.92. The lowest BCUT2D eigenvalue weighted by Crippen LogP contribution is -2.38. The van der Waals surface area contributed by atoms with Crippen molar-refractivity contribution in [1.82, 2.24) is 5.32 Å². The quantitative estimate of drug-likeness (QED) is 0.828. The third kappa shape index (κ3) is 5.31. The molecule has 5 nitrogen and oxygen atoms in total. The molecule has 0 aromatic heterocycles. The van der Waals surface area contributed by atoms with E-state index in [-0.39, 0.29) is 30.6 Å². The zero-order chi connectivity index (χ0) is 19.1. The Hall–Kier alpha value is -2.89. The van der Waals surface area contributed by atoms with E-state index in [1.165, 1.54) is 19.1 Å². The van der Waals surface area contributed by atoms with Crippen molar-refractivity contribution in [3.8, 4) is 5.75 Å². The van der Waals surface area contributed by atoms with Crippen LogP contribution in [0.2, 0.25) is 0 Å². The Morgan fingerprint density at radius 1 is 1.19 bits per heavy atom. The van der Waals surface area contributed by atoms with Crippen LogP contribution in [0.25, 0.3) is 0 Å².